The fourth-order valence-electron chi connectivity index (χ4n) is 3.72. The quantitative estimate of drug-likeness (QED) is 0.786. The van der Waals surface area contributed by atoms with Crippen molar-refractivity contribution >= 4 is 16.8 Å². The van der Waals surface area contributed by atoms with Gasteiger partial charge in [0.1, 0.15) is 12.3 Å². The standard InChI is InChI=1S/C20H29N3O3/c1-3-9-26-17-5-4-8-22(13-17)11-15-12-23(14-20(21)24)19-7-6-16(25-2)10-18(15)19/h6-7,10,12,17H,3-5,8-9,11,13-14H2,1-2H3,(H2,21,24). The molecule has 142 valence electrons. The van der Waals surface area contributed by atoms with E-state index >= 15 is 0 Å². The molecule has 0 spiro atoms. The average molecular weight is 359 g/mol. The molecular weight excluding hydrogens is 330 g/mol. The van der Waals surface area contributed by atoms with Crippen LogP contribution in [0.5, 0.6) is 5.75 Å². The Kier molecular flexibility index (Phi) is 6.16. The predicted molar refractivity (Wildman–Crippen MR) is 102 cm³/mol. The summed E-state index contributed by atoms with van der Waals surface area (Å²) in [5.74, 6) is 0.480. The van der Waals surface area contributed by atoms with Gasteiger partial charge in [-0.3, -0.25) is 9.69 Å². The van der Waals surface area contributed by atoms with Gasteiger partial charge in [0, 0.05) is 36.8 Å². The highest BCUT2D eigenvalue weighted by Gasteiger charge is 2.22. The summed E-state index contributed by atoms with van der Waals surface area (Å²) in [6.07, 6.45) is 5.70. The van der Waals surface area contributed by atoms with Crippen LogP contribution in [0.4, 0.5) is 0 Å². The Morgan fingerprint density at radius 2 is 2.23 bits per heavy atom. The number of carbonyl (C=O) groups excluding carboxylic acids is 1. The molecule has 6 nitrogen and oxygen atoms in total. The van der Waals surface area contributed by atoms with Crippen molar-refractivity contribution in [3.05, 3.63) is 30.0 Å². The van der Waals surface area contributed by atoms with Crippen LogP contribution in [0.2, 0.25) is 0 Å². The van der Waals surface area contributed by atoms with Gasteiger partial charge in [0.05, 0.1) is 13.2 Å². The first-order valence-corrected chi connectivity index (χ1v) is 9.38. The summed E-state index contributed by atoms with van der Waals surface area (Å²) in [5, 5.41) is 1.11. The summed E-state index contributed by atoms with van der Waals surface area (Å²) in [7, 11) is 1.67. The van der Waals surface area contributed by atoms with E-state index in [1.165, 1.54) is 5.56 Å². The molecular formula is C20H29N3O3. The Bertz CT molecular complexity index is 756. The molecule has 2 aromatic rings. The smallest absolute Gasteiger partial charge is 0.237 e. The number of nitrogens with two attached hydrogens (primary N) is 1. The summed E-state index contributed by atoms with van der Waals surface area (Å²) < 4.78 is 13.3. The van der Waals surface area contributed by atoms with Gasteiger partial charge in [-0.25, -0.2) is 0 Å². The average Bonchev–Trinajstić information content (AvgIpc) is 2.96. The molecule has 2 heterocycles. The number of aromatic nitrogens is 1. The van der Waals surface area contributed by atoms with Crippen molar-refractivity contribution in [1.29, 1.82) is 0 Å². The van der Waals surface area contributed by atoms with Gasteiger partial charge in [-0.1, -0.05) is 6.92 Å². The number of methoxy groups -OCH3 is 1. The number of benzene rings is 1. The van der Waals surface area contributed by atoms with Gasteiger partial charge in [-0.2, -0.15) is 0 Å². The molecule has 0 aliphatic carbocycles. The fraction of sp³-hybridized carbons (Fsp3) is 0.550. The molecule has 1 aromatic heterocycles. The van der Waals surface area contributed by atoms with Gasteiger partial charge in [-0.15, -0.1) is 0 Å². The Hall–Kier alpha value is -2.05. The van der Waals surface area contributed by atoms with Gasteiger partial charge >= 0.3 is 0 Å². The lowest BCUT2D eigenvalue weighted by atomic mass is 10.1. The normalized spacial score (nSPS) is 18.3. The second-order valence-electron chi connectivity index (χ2n) is 7.00. The third kappa shape index (κ3) is 4.37. The van der Waals surface area contributed by atoms with Crippen molar-refractivity contribution in [2.45, 2.75) is 45.4 Å². The number of rotatable bonds is 8. The molecule has 1 amide bonds. The molecule has 26 heavy (non-hydrogen) atoms. The van der Waals surface area contributed by atoms with Gasteiger partial charge in [-0.05, 0) is 49.6 Å². The minimum atomic E-state index is -0.338. The molecule has 1 aliphatic rings. The van der Waals surface area contributed by atoms with Crippen LogP contribution in [0, 0.1) is 0 Å². The van der Waals surface area contributed by atoms with Crippen LogP contribution in [0.15, 0.2) is 24.4 Å². The lowest BCUT2D eigenvalue weighted by molar-refractivity contribution is -0.118. The van der Waals surface area contributed by atoms with E-state index < -0.39 is 0 Å². The van der Waals surface area contributed by atoms with Crippen LogP contribution in [-0.4, -0.2) is 48.3 Å². The summed E-state index contributed by atoms with van der Waals surface area (Å²) in [4.78, 5) is 13.9. The van der Waals surface area contributed by atoms with E-state index in [0.717, 1.165) is 62.2 Å². The van der Waals surface area contributed by atoms with E-state index in [1.807, 2.05) is 29.0 Å². The number of hydrogen-bond acceptors (Lipinski definition) is 4. The van der Waals surface area contributed by atoms with Crippen LogP contribution in [0.1, 0.15) is 31.7 Å². The van der Waals surface area contributed by atoms with Crippen molar-refractivity contribution < 1.29 is 14.3 Å². The van der Waals surface area contributed by atoms with Gasteiger partial charge in [0.2, 0.25) is 5.91 Å². The highest BCUT2D eigenvalue weighted by molar-refractivity contribution is 5.87. The molecule has 1 aromatic carbocycles. The molecule has 3 rings (SSSR count). The molecule has 1 saturated heterocycles. The molecule has 0 radical (unpaired) electrons. The second-order valence-corrected chi connectivity index (χ2v) is 7.00. The molecule has 6 heteroatoms. The number of ether oxygens (including phenoxy) is 2. The van der Waals surface area contributed by atoms with Crippen LogP contribution in [-0.2, 0) is 22.6 Å². The minimum absolute atomic E-state index is 0.186. The van der Waals surface area contributed by atoms with Gasteiger partial charge in [0.15, 0.2) is 0 Å². The summed E-state index contributed by atoms with van der Waals surface area (Å²) >= 11 is 0. The minimum Gasteiger partial charge on any atom is -0.497 e. The number of piperidine rings is 1. The first-order valence-electron chi connectivity index (χ1n) is 9.38. The molecule has 0 bridgehead atoms. The number of fused-ring (bicyclic) bond motifs is 1. The summed E-state index contributed by atoms with van der Waals surface area (Å²) in [5.41, 5.74) is 7.62. The summed E-state index contributed by atoms with van der Waals surface area (Å²) in [6, 6.07) is 5.94. The number of primary amides is 1. The highest BCUT2D eigenvalue weighted by atomic mass is 16.5. The maximum Gasteiger partial charge on any atom is 0.237 e. The van der Waals surface area contributed by atoms with Gasteiger partial charge in [0.25, 0.3) is 0 Å². The van der Waals surface area contributed by atoms with Crippen molar-refractivity contribution in [2.75, 3.05) is 26.8 Å². The Balaban J connectivity index is 1.82. The third-order valence-electron chi connectivity index (χ3n) is 4.91. The maximum atomic E-state index is 11.4. The number of likely N-dealkylation sites (tertiary alicyclic amines) is 1. The molecule has 1 unspecified atom stereocenters. The predicted octanol–water partition coefficient (Wildman–Crippen LogP) is 2.53. The van der Waals surface area contributed by atoms with E-state index in [1.54, 1.807) is 7.11 Å². The van der Waals surface area contributed by atoms with Crippen molar-refractivity contribution in [3.8, 4) is 5.75 Å². The summed E-state index contributed by atoms with van der Waals surface area (Å²) in [6.45, 7) is 6.01. The zero-order chi connectivity index (χ0) is 18.5. The monoisotopic (exact) mass is 359 g/mol. The Labute approximate surface area is 154 Å². The topological polar surface area (TPSA) is 69.7 Å². The largest absolute Gasteiger partial charge is 0.497 e. The molecule has 1 fully saturated rings. The van der Waals surface area contributed by atoms with Crippen LogP contribution >= 0.6 is 0 Å². The van der Waals surface area contributed by atoms with Crippen LogP contribution in [0.25, 0.3) is 10.9 Å². The van der Waals surface area contributed by atoms with E-state index in [0.29, 0.717) is 6.10 Å². The first-order chi connectivity index (χ1) is 12.6. The molecule has 1 atom stereocenters. The van der Waals surface area contributed by atoms with Crippen molar-refractivity contribution in [3.63, 3.8) is 0 Å². The van der Waals surface area contributed by atoms with E-state index in [4.69, 9.17) is 15.2 Å². The van der Waals surface area contributed by atoms with E-state index in [9.17, 15) is 4.79 Å². The highest BCUT2D eigenvalue weighted by Crippen LogP contribution is 2.28. The van der Waals surface area contributed by atoms with Crippen LogP contribution in [0.3, 0.4) is 0 Å². The van der Waals surface area contributed by atoms with Crippen molar-refractivity contribution in [2.24, 2.45) is 5.73 Å². The second kappa shape index (κ2) is 8.56. The Morgan fingerprint density at radius 1 is 1.38 bits per heavy atom. The SMILES string of the molecule is CCCOC1CCCN(Cc2cn(CC(N)=O)c3ccc(OC)cc23)C1. The van der Waals surface area contributed by atoms with E-state index in [2.05, 4.69) is 11.8 Å². The van der Waals surface area contributed by atoms with Crippen molar-refractivity contribution in [1.82, 2.24) is 9.47 Å². The fourth-order valence-corrected chi connectivity index (χ4v) is 3.72. The molecule has 2 N–H and O–H groups in total. The number of amides is 1. The lowest BCUT2D eigenvalue weighted by Gasteiger charge is -2.32. The number of carbonyl (C=O) groups is 1. The zero-order valence-electron chi connectivity index (χ0n) is 15.7. The number of hydrogen-bond donors (Lipinski definition) is 1. The maximum absolute atomic E-state index is 11.4. The van der Waals surface area contributed by atoms with Gasteiger partial charge < -0.3 is 19.8 Å². The first kappa shape index (κ1) is 18.7. The molecule has 1 aliphatic heterocycles. The van der Waals surface area contributed by atoms with Crippen LogP contribution < -0.4 is 10.5 Å². The molecule has 0 saturated carbocycles. The zero-order valence-corrected chi connectivity index (χ0v) is 15.7. The third-order valence-corrected chi connectivity index (χ3v) is 4.91. The Morgan fingerprint density at radius 3 is 2.96 bits per heavy atom. The lowest BCUT2D eigenvalue weighted by Crippen LogP contribution is -2.39. The number of nitrogens with zero attached hydrogens (tertiary/aromatic N) is 2. The van der Waals surface area contributed by atoms with E-state index in [-0.39, 0.29) is 12.5 Å².